The van der Waals surface area contributed by atoms with Crippen molar-refractivity contribution in [3.8, 4) is 0 Å². The summed E-state index contributed by atoms with van der Waals surface area (Å²) >= 11 is 1.64. The molecule has 2 aromatic rings. The van der Waals surface area contributed by atoms with Crippen molar-refractivity contribution in [1.82, 2.24) is 4.98 Å². The van der Waals surface area contributed by atoms with E-state index in [-0.39, 0.29) is 4.90 Å². The summed E-state index contributed by atoms with van der Waals surface area (Å²) in [6.45, 7) is 0. The van der Waals surface area contributed by atoms with Crippen LogP contribution >= 0.6 is 11.8 Å². The molecule has 0 amide bonds. The van der Waals surface area contributed by atoms with Crippen LogP contribution in [0.15, 0.2) is 52.5 Å². The minimum atomic E-state index is -3.66. The van der Waals surface area contributed by atoms with Crippen LogP contribution in [0.1, 0.15) is 36.8 Å². The van der Waals surface area contributed by atoms with E-state index in [4.69, 9.17) is 5.14 Å². The van der Waals surface area contributed by atoms with Crippen LogP contribution in [0.3, 0.4) is 0 Å². The number of aromatic nitrogens is 1. The van der Waals surface area contributed by atoms with E-state index in [0.29, 0.717) is 5.41 Å². The highest BCUT2D eigenvalue weighted by molar-refractivity contribution is 7.98. The van der Waals surface area contributed by atoms with Crippen molar-refractivity contribution in [1.29, 1.82) is 0 Å². The summed E-state index contributed by atoms with van der Waals surface area (Å²) in [6.07, 6.45) is 8.66. The van der Waals surface area contributed by atoms with E-state index in [2.05, 4.69) is 17.1 Å². The van der Waals surface area contributed by atoms with E-state index in [0.717, 1.165) is 23.4 Å². The van der Waals surface area contributed by atoms with Gasteiger partial charge in [0.05, 0.1) is 9.92 Å². The maximum Gasteiger partial charge on any atom is 0.238 e. The van der Waals surface area contributed by atoms with Crippen LogP contribution in [-0.4, -0.2) is 19.7 Å². The summed E-state index contributed by atoms with van der Waals surface area (Å²) in [5.74, 6) is 0. The maximum absolute atomic E-state index is 11.5. The van der Waals surface area contributed by atoms with Crippen molar-refractivity contribution in [2.24, 2.45) is 10.6 Å². The fourth-order valence-electron chi connectivity index (χ4n) is 3.63. The topological polar surface area (TPSA) is 73.1 Å². The second-order valence-corrected chi connectivity index (χ2v) is 9.36. The van der Waals surface area contributed by atoms with Crippen LogP contribution in [0.5, 0.6) is 0 Å². The Morgan fingerprint density at radius 1 is 1.00 bits per heavy atom. The van der Waals surface area contributed by atoms with Crippen molar-refractivity contribution >= 4 is 32.9 Å². The number of benzene rings is 1. The Kier molecular flexibility index (Phi) is 4.02. The molecule has 1 aromatic carbocycles. The molecule has 1 saturated carbocycles. The SMILES string of the molecule is CSc1ccc(C2=C(c3ccc(S(N)(=O)=O)cc3)CC3(CC3)C2)cn1. The number of rotatable bonds is 4. The van der Waals surface area contributed by atoms with Crippen LogP contribution < -0.4 is 5.14 Å². The van der Waals surface area contributed by atoms with Gasteiger partial charge in [-0.1, -0.05) is 18.2 Å². The number of allylic oxidation sites excluding steroid dienone is 2. The Hall–Kier alpha value is -1.63. The summed E-state index contributed by atoms with van der Waals surface area (Å²) in [7, 11) is -3.66. The van der Waals surface area contributed by atoms with Crippen molar-refractivity contribution in [2.75, 3.05) is 6.26 Å². The molecular weight excluding hydrogens is 352 g/mol. The Balaban J connectivity index is 1.75. The summed E-state index contributed by atoms with van der Waals surface area (Å²) in [6, 6.07) is 11.2. The zero-order chi connectivity index (χ0) is 17.7. The minimum Gasteiger partial charge on any atom is -0.249 e. The van der Waals surface area contributed by atoms with Gasteiger partial charge >= 0.3 is 0 Å². The van der Waals surface area contributed by atoms with E-state index >= 15 is 0 Å². The minimum absolute atomic E-state index is 0.156. The highest BCUT2D eigenvalue weighted by atomic mass is 32.2. The Morgan fingerprint density at radius 3 is 2.08 bits per heavy atom. The van der Waals surface area contributed by atoms with Crippen LogP contribution in [-0.2, 0) is 10.0 Å². The third-order valence-electron chi connectivity index (χ3n) is 5.25. The fourth-order valence-corrected chi connectivity index (χ4v) is 4.51. The van der Waals surface area contributed by atoms with Gasteiger partial charge in [-0.3, -0.25) is 0 Å². The number of sulfonamides is 1. The molecule has 25 heavy (non-hydrogen) atoms. The van der Waals surface area contributed by atoms with Gasteiger partial charge in [-0.25, -0.2) is 18.5 Å². The maximum atomic E-state index is 11.5. The van der Waals surface area contributed by atoms with Crippen molar-refractivity contribution < 1.29 is 8.42 Å². The summed E-state index contributed by atoms with van der Waals surface area (Å²) in [4.78, 5) is 4.67. The van der Waals surface area contributed by atoms with E-state index in [1.54, 1.807) is 23.9 Å². The molecule has 6 heteroatoms. The average Bonchev–Trinajstić information content (AvgIpc) is 3.25. The fraction of sp³-hybridized carbons (Fsp3) is 0.316. The Labute approximate surface area is 152 Å². The first-order valence-electron chi connectivity index (χ1n) is 8.26. The first kappa shape index (κ1) is 16.8. The monoisotopic (exact) mass is 372 g/mol. The van der Waals surface area contributed by atoms with Gasteiger partial charge in [-0.05, 0) is 77.8 Å². The standard InChI is InChI=1S/C19H20N2O2S2/c1-24-18-7-4-14(12-21-18)17-11-19(8-9-19)10-16(17)13-2-5-15(6-3-13)25(20,22)23/h2-7,12H,8-11H2,1H3,(H2,20,22,23). The van der Waals surface area contributed by atoms with Crippen LogP contribution in [0.2, 0.25) is 0 Å². The Bertz CT molecular complexity index is 942. The van der Waals surface area contributed by atoms with E-state index in [1.165, 1.54) is 29.6 Å². The molecule has 0 unspecified atom stereocenters. The number of nitrogens with two attached hydrogens (primary N) is 1. The Morgan fingerprint density at radius 2 is 1.60 bits per heavy atom. The molecule has 130 valence electrons. The first-order valence-corrected chi connectivity index (χ1v) is 11.0. The molecule has 0 aliphatic heterocycles. The molecule has 0 saturated heterocycles. The predicted molar refractivity (Wildman–Crippen MR) is 102 cm³/mol. The number of thioether (sulfide) groups is 1. The quantitative estimate of drug-likeness (QED) is 0.825. The highest BCUT2D eigenvalue weighted by Gasteiger charge is 2.48. The van der Waals surface area contributed by atoms with Crippen molar-refractivity contribution in [3.05, 3.63) is 53.7 Å². The third-order valence-corrected chi connectivity index (χ3v) is 6.84. The predicted octanol–water partition coefficient (Wildman–Crippen LogP) is 3.94. The van der Waals surface area contributed by atoms with Crippen LogP contribution in [0.4, 0.5) is 0 Å². The molecule has 0 radical (unpaired) electrons. The van der Waals surface area contributed by atoms with E-state index < -0.39 is 10.0 Å². The molecule has 0 atom stereocenters. The average molecular weight is 373 g/mol. The molecular formula is C19H20N2O2S2. The molecule has 2 N–H and O–H groups in total. The van der Waals surface area contributed by atoms with Gasteiger partial charge < -0.3 is 0 Å². The lowest BCUT2D eigenvalue weighted by Gasteiger charge is -2.09. The lowest BCUT2D eigenvalue weighted by Crippen LogP contribution is -2.11. The molecule has 4 nitrogen and oxygen atoms in total. The summed E-state index contributed by atoms with van der Waals surface area (Å²) < 4.78 is 23.0. The summed E-state index contributed by atoms with van der Waals surface area (Å²) in [5.41, 5.74) is 5.34. The zero-order valence-electron chi connectivity index (χ0n) is 14.0. The second kappa shape index (κ2) is 5.97. The molecule has 2 aliphatic carbocycles. The van der Waals surface area contributed by atoms with Gasteiger partial charge in [0.15, 0.2) is 0 Å². The molecule has 1 heterocycles. The molecule has 1 aromatic heterocycles. The second-order valence-electron chi connectivity index (χ2n) is 6.97. The number of hydrogen-bond donors (Lipinski definition) is 1. The molecule has 1 fully saturated rings. The number of hydrogen-bond acceptors (Lipinski definition) is 4. The van der Waals surface area contributed by atoms with Gasteiger partial charge in [-0.15, -0.1) is 11.8 Å². The summed E-state index contributed by atoms with van der Waals surface area (Å²) in [5, 5.41) is 6.23. The largest absolute Gasteiger partial charge is 0.249 e. The molecule has 2 aliphatic rings. The van der Waals surface area contributed by atoms with E-state index in [9.17, 15) is 8.42 Å². The van der Waals surface area contributed by atoms with Crippen LogP contribution in [0, 0.1) is 5.41 Å². The lowest BCUT2D eigenvalue weighted by atomic mass is 9.98. The molecule has 0 bridgehead atoms. The van der Waals surface area contributed by atoms with E-state index in [1.807, 2.05) is 24.6 Å². The van der Waals surface area contributed by atoms with Crippen LogP contribution in [0.25, 0.3) is 11.1 Å². The number of primary sulfonamides is 1. The van der Waals surface area contributed by atoms with Gasteiger partial charge in [0.25, 0.3) is 0 Å². The van der Waals surface area contributed by atoms with Gasteiger partial charge in [0.1, 0.15) is 0 Å². The highest BCUT2D eigenvalue weighted by Crippen LogP contribution is 2.63. The molecule has 1 spiro atoms. The van der Waals surface area contributed by atoms with Gasteiger partial charge in [0.2, 0.25) is 10.0 Å². The smallest absolute Gasteiger partial charge is 0.238 e. The number of pyridine rings is 1. The van der Waals surface area contributed by atoms with Gasteiger partial charge in [-0.2, -0.15) is 0 Å². The van der Waals surface area contributed by atoms with Crippen molar-refractivity contribution in [3.63, 3.8) is 0 Å². The lowest BCUT2D eigenvalue weighted by molar-refractivity contribution is 0.568. The third kappa shape index (κ3) is 3.26. The molecule has 4 rings (SSSR count). The number of nitrogens with zero attached hydrogens (tertiary/aromatic N) is 1. The van der Waals surface area contributed by atoms with Gasteiger partial charge in [0, 0.05) is 6.20 Å². The normalized spacial score (nSPS) is 18.8. The van der Waals surface area contributed by atoms with Crippen molar-refractivity contribution in [2.45, 2.75) is 35.6 Å². The first-order chi connectivity index (χ1) is 11.9. The zero-order valence-corrected chi connectivity index (χ0v) is 15.7.